The van der Waals surface area contributed by atoms with Crippen LogP contribution in [-0.2, 0) is 11.3 Å². The molecule has 0 amide bonds. The Bertz CT molecular complexity index is 452. The number of esters is 1. The van der Waals surface area contributed by atoms with Gasteiger partial charge in [0.15, 0.2) is 0 Å². The summed E-state index contributed by atoms with van der Waals surface area (Å²) in [5, 5.41) is 10.6. The van der Waals surface area contributed by atoms with E-state index in [1.807, 2.05) is 0 Å². The van der Waals surface area contributed by atoms with Gasteiger partial charge in [0.1, 0.15) is 5.75 Å². The van der Waals surface area contributed by atoms with Crippen LogP contribution < -0.4 is 4.74 Å². The zero-order chi connectivity index (χ0) is 14.0. The Labute approximate surface area is 121 Å². The lowest BCUT2D eigenvalue weighted by Crippen LogP contribution is -2.08. The van der Waals surface area contributed by atoms with Crippen LogP contribution in [0.3, 0.4) is 0 Å². The second-order valence-electron chi connectivity index (χ2n) is 3.77. The fourth-order valence-corrected chi connectivity index (χ4v) is 2.76. The predicted octanol–water partition coefficient (Wildman–Crippen LogP) is 3.53. The third-order valence-corrected chi connectivity index (χ3v) is 4.48. The largest absolute Gasteiger partial charge is 0.425 e. The van der Waals surface area contributed by atoms with Gasteiger partial charge < -0.3 is 4.74 Å². The summed E-state index contributed by atoms with van der Waals surface area (Å²) in [7, 11) is 0. The Morgan fingerprint density at radius 1 is 1.28 bits per heavy atom. The van der Waals surface area contributed by atoms with Crippen LogP contribution in [0.25, 0.3) is 0 Å². The van der Waals surface area contributed by atoms with Crippen molar-refractivity contribution in [1.29, 1.82) is 0 Å². The highest BCUT2D eigenvalue weighted by Gasteiger charge is 2.21. The molecule has 0 aliphatic heterocycles. The topological polar surface area (TPSA) is 69.4 Å². The lowest BCUT2D eigenvalue weighted by molar-refractivity contribution is -0.497. The van der Waals surface area contributed by atoms with E-state index < -0.39 is 10.9 Å². The number of ether oxygens (including phenoxy) is 1. The summed E-state index contributed by atoms with van der Waals surface area (Å²) in [6, 6.07) is 0. The first-order valence-corrected chi connectivity index (χ1v) is 6.61. The number of halogens is 2. The molecular formula is C11H11Br2NO4. The van der Waals surface area contributed by atoms with Crippen LogP contribution in [-0.4, -0.2) is 10.9 Å². The lowest BCUT2D eigenvalue weighted by atomic mass is 10.0. The minimum Gasteiger partial charge on any atom is -0.425 e. The van der Waals surface area contributed by atoms with E-state index in [4.69, 9.17) is 4.74 Å². The van der Waals surface area contributed by atoms with Crippen molar-refractivity contribution in [3.63, 3.8) is 0 Å². The summed E-state index contributed by atoms with van der Waals surface area (Å²) in [4.78, 5) is 21.3. The van der Waals surface area contributed by atoms with E-state index in [-0.39, 0.29) is 6.54 Å². The molecule has 0 spiro atoms. The van der Waals surface area contributed by atoms with Crippen molar-refractivity contribution in [1.82, 2.24) is 0 Å². The Kier molecular flexibility index (Phi) is 4.86. The second kappa shape index (κ2) is 5.79. The molecule has 0 saturated heterocycles. The summed E-state index contributed by atoms with van der Waals surface area (Å²) in [6.45, 7) is 4.49. The predicted molar refractivity (Wildman–Crippen MR) is 73.3 cm³/mol. The number of hydrogen-bond acceptors (Lipinski definition) is 4. The molecule has 0 heterocycles. The number of carbonyl (C=O) groups is 1. The van der Waals surface area contributed by atoms with Gasteiger partial charge in [-0.15, -0.1) is 0 Å². The van der Waals surface area contributed by atoms with E-state index in [0.717, 1.165) is 0 Å². The minimum absolute atomic E-state index is 0.286. The summed E-state index contributed by atoms with van der Waals surface area (Å²) < 4.78 is 6.27. The van der Waals surface area contributed by atoms with Gasteiger partial charge in [-0.25, -0.2) is 0 Å². The third-order valence-electron chi connectivity index (χ3n) is 2.45. The summed E-state index contributed by atoms with van der Waals surface area (Å²) in [5.74, 6) is -0.0499. The minimum atomic E-state index is -0.438. The fraction of sp³-hybridized carbons (Fsp3) is 0.364. The van der Waals surface area contributed by atoms with Crippen molar-refractivity contribution in [3.05, 3.63) is 35.8 Å². The van der Waals surface area contributed by atoms with Gasteiger partial charge in [-0.3, -0.25) is 14.9 Å². The molecule has 0 aliphatic rings. The van der Waals surface area contributed by atoms with Crippen molar-refractivity contribution in [3.8, 4) is 5.75 Å². The highest BCUT2D eigenvalue weighted by atomic mass is 79.9. The van der Waals surface area contributed by atoms with Crippen LogP contribution in [0, 0.1) is 24.0 Å². The van der Waals surface area contributed by atoms with Crippen LogP contribution in [0.15, 0.2) is 8.95 Å². The Hall–Kier alpha value is -0.950. The molecule has 0 aliphatic carbocycles. The van der Waals surface area contributed by atoms with Gasteiger partial charge in [0, 0.05) is 27.4 Å². The molecule has 0 unspecified atom stereocenters. The van der Waals surface area contributed by atoms with E-state index in [0.29, 0.717) is 31.4 Å². The maximum absolute atomic E-state index is 11.0. The standard InChI is InChI=1S/C11H11Br2NO4/c1-5-8(4-14(16)17)9(12)6(2)11(10(5)13)18-7(3)15/h4H2,1-3H3. The highest BCUT2D eigenvalue weighted by Crippen LogP contribution is 2.40. The van der Waals surface area contributed by atoms with Gasteiger partial charge in [-0.2, -0.15) is 0 Å². The molecule has 5 nitrogen and oxygen atoms in total. The molecule has 1 aromatic carbocycles. The average Bonchev–Trinajstić information content (AvgIpc) is 2.27. The number of nitrogens with zero attached hydrogens (tertiary/aromatic N) is 1. The van der Waals surface area contributed by atoms with Gasteiger partial charge in [-0.1, -0.05) is 0 Å². The second-order valence-corrected chi connectivity index (χ2v) is 5.36. The van der Waals surface area contributed by atoms with E-state index >= 15 is 0 Å². The molecule has 0 N–H and O–H groups in total. The SMILES string of the molecule is CC(=O)Oc1c(C)c(Br)c(C[N+](=O)[O-])c(C)c1Br. The molecule has 0 aromatic heterocycles. The first-order valence-electron chi connectivity index (χ1n) is 5.03. The van der Waals surface area contributed by atoms with Crippen LogP contribution >= 0.6 is 31.9 Å². The molecule has 1 aromatic rings. The number of nitro groups is 1. The van der Waals surface area contributed by atoms with Crippen molar-refractivity contribution in [2.24, 2.45) is 0 Å². The van der Waals surface area contributed by atoms with Gasteiger partial charge in [0.25, 0.3) is 0 Å². The Morgan fingerprint density at radius 2 is 1.83 bits per heavy atom. The summed E-state index contributed by atoms with van der Waals surface area (Å²) in [5.41, 5.74) is 1.90. The molecule has 1 rings (SSSR count). The van der Waals surface area contributed by atoms with Crippen LogP contribution in [0.1, 0.15) is 23.6 Å². The quantitative estimate of drug-likeness (QED) is 0.348. The van der Waals surface area contributed by atoms with Gasteiger partial charge in [0.2, 0.25) is 6.54 Å². The van der Waals surface area contributed by atoms with Crippen molar-refractivity contribution >= 4 is 37.8 Å². The maximum atomic E-state index is 11.0. The van der Waals surface area contributed by atoms with E-state index in [9.17, 15) is 14.9 Å². The average molecular weight is 381 g/mol. The van der Waals surface area contributed by atoms with E-state index in [2.05, 4.69) is 31.9 Å². The molecule has 0 bridgehead atoms. The third kappa shape index (κ3) is 3.08. The zero-order valence-electron chi connectivity index (χ0n) is 10.0. The van der Waals surface area contributed by atoms with Crippen LogP contribution in [0.2, 0.25) is 0 Å². The molecule has 0 radical (unpaired) electrons. The fourth-order valence-electron chi connectivity index (χ4n) is 1.54. The Balaban J connectivity index is 3.44. The highest BCUT2D eigenvalue weighted by molar-refractivity contribution is 9.11. The molecule has 0 saturated carbocycles. The molecule has 0 fully saturated rings. The normalized spacial score (nSPS) is 10.3. The van der Waals surface area contributed by atoms with Gasteiger partial charge in [-0.05, 0) is 51.3 Å². The lowest BCUT2D eigenvalue weighted by Gasteiger charge is -2.15. The van der Waals surface area contributed by atoms with Crippen LogP contribution in [0.5, 0.6) is 5.75 Å². The number of rotatable bonds is 3. The molecule has 98 valence electrons. The number of hydrogen-bond donors (Lipinski definition) is 0. The van der Waals surface area contributed by atoms with Crippen molar-refractivity contribution < 1.29 is 14.5 Å². The monoisotopic (exact) mass is 379 g/mol. The zero-order valence-corrected chi connectivity index (χ0v) is 13.2. The number of carbonyl (C=O) groups excluding carboxylic acids is 1. The van der Waals surface area contributed by atoms with Crippen LogP contribution in [0.4, 0.5) is 0 Å². The maximum Gasteiger partial charge on any atom is 0.308 e. The Morgan fingerprint density at radius 3 is 2.28 bits per heavy atom. The van der Waals surface area contributed by atoms with Gasteiger partial charge in [0.05, 0.1) is 4.47 Å². The van der Waals surface area contributed by atoms with E-state index in [1.165, 1.54) is 6.92 Å². The van der Waals surface area contributed by atoms with E-state index in [1.54, 1.807) is 13.8 Å². The van der Waals surface area contributed by atoms with Crippen molar-refractivity contribution in [2.45, 2.75) is 27.3 Å². The van der Waals surface area contributed by atoms with Crippen molar-refractivity contribution in [2.75, 3.05) is 0 Å². The summed E-state index contributed by atoms with van der Waals surface area (Å²) in [6.07, 6.45) is 0. The first-order chi connectivity index (χ1) is 8.25. The number of benzene rings is 1. The van der Waals surface area contributed by atoms with Gasteiger partial charge >= 0.3 is 5.97 Å². The molecule has 7 heteroatoms. The molecule has 0 atom stereocenters. The summed E-state index contributed by atoms with van der Waals surface area (Å²) >= 11 is 6.63. The molecule has 18 heavy (non-hydrogen) atoms. The first kappa shape index (κ1) is 15.1. The smallest absolute Gasteiger partial charge is 0.308 e. The molecular weight excluding hydrogens is 370 g/mol.